The second kappa shape index (κ2) is 5.99. The van der Waals surface area contributed by atoms with E-state index in [-0.39, 0.29) is 12.0 Å². The van der Waals surface area contributed by atoms with E-state index in [4.69, 9.17) is 5.11 Å². The lowest BCUT2D eigenvalue weighted by atomic mass is 9.96. The molecule has 0 bridgehead atoms. The predicted octanol–water partition coefficient (Wildman–Crippen LogP) is 2.45. The van der Waals surface area contributed by atoms with E-state index in [1.807, 2.05) is 30.3 Å². The number of benzene rings is 1. The van der Waals surface area contributed by atoms with E-state index in [0.29, 0.717) is 0 Å². The van der Waals surface area contributed by atoms with Crippen molar-refractivity contribution in [3.05, 3.63) is 35.9 Å². The molecule has 1 aliphatic carbocycles. The first kappa shape index (κ1) is 16.6. The Labute approximate surface area is 136 Å². The number of alkyl halides is 3. The summed E-state index contributed by atoms with van der Waals surface area (Å²) in [5.74, 6) is -5.00. The summed E-state index contributed by atoms with van der Waals surface area (Å²) in [5, 5.41) is 11.7. The molecular weight excluding hydrogens is 325 g/mol. The van der Waals surface area contributed by atoms with Crippen LogP contribution in [0.1, 0.15) is 17.9 Å². The van der Waals surface area contributed by atoms with Crippen LogP contribution in [-0.2, 0) is 4.79 Å². The molecule has 1 aromatic carbocycles. The number of aliphatic carboxylic acids is 1. The van der Waals surface area contributed by atoms with Crippen LogP contribution in [0.5, 0.6) is 0 Å². The highest BCUT2D eigenvalue weighted by molar-refractivity contribution is 5.78. The number of rotatable bonds is 3. The van der Waals surface area contributed by atoms with Gasteiger partial charge in [0.25, 0.3) is 0 Å². The molecule has 2 unspecified atom stereocenters. The molecule has 8 heteroatoms. The number of hydrogen-bond acceptors (Lipinski definition) is 2. The summed E-state index contributed by atoms with van der Waals surface area (Å²) in [6.45, 7) is -1.04. The van der Waals surface area contributed by atoms with Crippen molar-refractivity contribution >= 4 is 12.0 Å². The second-order valence-electron chi connectivity index (χ2n) is 6.31. The summed E-state index contributed by atoms with van der Waals surface area (Å²) in [4.78, 5) is 24.2. The Hall–Kier alpha value is -2.25. The molecule has 5 nitrogen and oxygen atoms in total. The number of likely N-dealkylation sites (tertiary alicyclic amines) is 1. The molecule has 24 heavy (non-hydrogen) atoms. The summed E-state index contributed by atoms with van der Waals surface area (Å²) in [5.41, 5.74) is 1.07. The number of amides is 2. The molecule has 1 aliphatic heterocycles. The number of hydrogen-bond donors (Lipinski definition) is 2. The average molecular weight is 342 g/mol. The number of carboxylic acids is 1. The summed E-state index contributed by atoms with van der Waals surface area (Å²) in [6, 6.07) is 8.79. The van der Waals surface area contributed by atoms with Crippen LogP contribution in [0, 0.1) is 11.8 Å². The Bertz CT molecular complexity index is 635. The van der Waals surface area contributed by atoms with Gasteiger partial charge in [-0.15, -0.1) is 0 Å². The Balaban J connectivity index is 1.60. The third kappa shape index (κ3) is 3.32. The van der Waals surface area contributed by atoms with E-state index < -0.39 is 43.1 Å². The molecule has 1 saturated heterocycles. The summed E-state index contributed by atoms with van der Waals surface area (Å²) < 4.78 is 38.8. The van der Waals surface area contributed by atoms with Gasteiger partial charge in [0.2, 0.25) is 0 Å². The minimum Gasteiger partial charge on any atom is -0.481 e. The zero-order chi connectivity index (χ0) is 17.5. The zero-order valence-electron chi connectivity index (χ0n) is 12.7. The monoisotopic (exact) mass is 342 g/mol. The van der Waals surface area contributed by atoms with Gasteiger partial charge in [0.15, 0.2) is 0 Å². The van der Waals surface area contributed by atoms with Gasteiger partial charge in [-0.3, -0.25) is 4.79 Å². The van der Waals surface area contributed by atoms with Crippen LogP contribution in [0.15, 0.2) is 30.3 Å². The van der Waals surface area contributed by atoms with Crippen LogP contribution in [-0.4, -0.2) is 47.3 Å². The first-order chi connectivity index (χ1) is 11.3. The molecule has 130 valence electrons. The van der Waals surface area contributed by atoms with Crippen LogP contribution in [0.2, 0.25) is 0 Å². The van der Waals surface area contributed by atoms with Gasteiger partial charge in [0.05, 0.1) is 11.8 Å². The van der Waals surface area contributed by atoms with Gasteiger partial charge in [-0.05, 0) is 12.0 Å². The van der Waals surface area contributed by atoms with Crippen LogP contribution in [0.25, 0.3) is 0 Å². The third-order valence-corrected chi connectivity index (χ3v) is 4.67. The first-order valence-corrected chi connectivity index (χ1v) is 7.67. The lowest BCUT2D eigenvalue weighted by Gasteiger charge is -2.18. The first-order valence-electron chi connectivity index (χ1n) is 7.67. The molecule has 2 amide bonds. The highest BCUT2D eigenvalue weighted by Gasteiger charge is 2.54. The lowest BCUT2D eigenvalue weighted by Crippen LogP contribution is -2.41. The van der Waals surface area contributed by atoms with E-state index >= 15 is 0 Å². The maximum absolute atomic E-state index is 12.9. The Morgan fingerprint density at radius 2 is 1.83 bits per heavy atom. The zero-order valence-corrected chi connectivity index (χ0v) is 12.7. The van der Waals surface area contributed by atoms with Crippen molar-refractivity contribution in [3.8, 4) is 0 Å². The minimum absolute atomic E-state index is 0.117. The second-order valence-corrected chi connectivity index (χ2v) is 6.31. The van der Waals surface area contributed by atoms with E-state index in [0.717, 1.165) is 16.9 Å². The molecule has 0 aromatic heterocycles. The number of nitrogens with zero attached hydrogens (tertiary/aromatic N) is 1. The van der Waals surface area contributed by atoms with Gasteiger partial charge in [-0.1, -0.05) is 30.3 Å². The number of nitrogens with one attached hydrogen (secondary N) is 1. The van der Waals surface area contributed by atoms with E-state index in [1.54, 1.807) is 0 Å². The van der Waals surface area contributed by atoms with Crippen LogP contribution in [0.3, 0.4) is 0 Å². The van der Waals surface area contributed by atoms with Gasteiger partial charge in [0, 0.05) is 25.0 Å². The highest BCUT2D eigenvalue weighted by Crippen LogP contribution is 2.41. The highest BCUT2D eigenvalue weighted by atomic mass is 19.4. The molecule has 0 spiro atoms. The smallest absolute Gasteiger partial charge is 0.394 e. The van der Waals surface area contributed by atoms with Crippen LogP contribution < -0.4 is 5.32 Å². The maximum Gasteiger partial charge on any atom is 0.394 e. The van der Waals surface area contributed by atoms with Crippen molar-refractivity contribution < 1.29 is 27.9 Å². The Morgan fingerprint density at radius 3 is 2.38 bits per heavy atom. The molecule has 1 saturated carbocycles. The van der Waals surface area contributed by atoms with Crippen molar-refractivity contribution in [1.82, 2.24) is 10.2 Å². The van der Waals surface area contributed by atoms with Crippen molar-refractivity contribution in [3.63, 3.8) is 0 Å². The molecule has 3 rings (SSSR count). The summed E-state index contributed by atoms with van der Waals surface area (Å²) in [7, 11) is 0. The number of halogens is 3. The molecular formula is C16H17F3N2O3. The van der Waals surface area contributed by atoms with Crippen molar-refractivity contribution in [1.29, 1.82) is 0 Å². The standard InChI is InChI=1S/C16H17F3N2O3/c17-16(18,19)12-8-21(7-11(12)14(22)23)15(24)20-13-6-10(13)9-4-2-1-3-5-9/h1-5,10-13H,6-8H2,(H,20,24)(H,22,23)/t10?,11-,12-,13?/m1/s1. The van der Waals surface area contributed by atoms with Gasteiger partial charge in [-0.2, -0.15) is 13.2 Å². The lowest BCUT2D eigenvalue weighted by molar-refractivity contribution is -0.187. The fourth-order valence-electron chi connectivity index (χ4n) is 3.22. The fraction of sp³-hybridized carbons (Fsp3) is 0.500. The molecule has 1 heterocycles. The van der Waals surface area contributed by atoms with Crippen LogP contribution >= 0.6 is 0 Å². The molecule has 2 aliphatic rings. The van der Waals surface area contributed by atoms with Gasteiger partial charge in [0.1, 0.15) is 0 Å². The maximum atomic E-state index is 12.9. The molecule has 2 N–H and O–H groups in total. The largest absolute Gasteiger partial charge is 0.481 e. The summed E-state index contributed by atoms with van der Waals surface area (Å²) >= 11 is 0. The topological polar surface area (TPSA) is 69.6 Å². The van der Waals surface area contributed by atoms with E-state index in [2.05, 4.69) is 5.32 Å². The van der Waals surface area contributed by atoms with Crippen LogP contribution in [0.4, 0.5) is 18.0 Å². The Morgan fingerprint density at radius 1 is 1.17 bits per heavy atom. The third-order valence-electron chi connectivity index (χ3n) is 4.67. The Kier molecular flexibility index (Phi) is 4.15. The number of carboxylic acid groups (broad SMARTS) is 1. The number of carbonyl (C=O) groups is 2. The molecule has 0 radical (unpaired) electrons. The number of urea groups is 1. The normalized spacial score (nSPS) is 29.4. The fourth-order valence-corrected chi connectivity index (χ4v) is 3.22. The average Bonchev–Trinajstić information content (AvgIpc) is 3.11. The van der Waals surface area contributed by atoms with Crippen molar-refractivity contribution in [2.45, 2.75) is 24.6 Å². The number of carbonyl (C=O) groups excluding carboxylic acids is 1. The molecule has 2 fully saturated rings. The SMILES string of the molecule is O=C(O)[C@@H]1CN(C(=O)NC2CC2c2ccccc2)C[C@H]1C(F)(F)F. The van der Waals surface area contributed by atoms with Gasteiger partial charge < -0.3 is 15.3 Å². The van der Waals surface area contributed by atoms with Gasteiger partial charge in [-0.25, -0.2) is 4.79 Å². The van der Waals surface area contributed by atoms with E-state index in [1.165, 1.54) is 0 Å². The molecule has 4 atom stereocenters. The quantitative estimate of drug-likeness (QED) is 0.886. The molecule has 1 aromatic rings. The minimum atomic E-state index is -4.63. The van der Waals surface area contributed by atoms with E-state index in [9.17, 15) is 22.8 Å². The van der Waals surface area contributed by atoms with Crippen molar-refractivity contribution in [2.24, 2.45) is 11.8 Å². The predicted molar refractivity (Wildman–Crippen MR) is 78.4 cm³/mol. The van der Waals surface area contributed by atoms with Gasteiger partial charge >= 0.3 is 18.2 Å². The summed E-state index contributed by atoms with van der Waals surface area (Å²) in [6.07, 6.45) is -3.90. The van der Waals surface area contributed by atoms with Crippen molar-refractivity contribution in [2.75, 3.05) is 13.1 Å².